The van der Waals surface area contributed by atoms with Crippen LogP contribution in [0.3, 0.4) is 0 Å². The van der Waals surface area contributed by atoms with Crippen LogP contribution >= 0.6 is 0 Å². The van der Waals surface area contributed by atoms with Crippen LogP contribution in [0, 0.1) is 12.7 Å². The lowest BCUT2D eigenvalue weighted by atomic mass is 10.0. The van der Waals surface area contributed by atoms with E-state index in [-0.39, 0.29) is 19.5 Å². The molecule has 0 aromatic heterocycles. The molecule has 21 heavy (non-hydrogen) atoms. The van der Waals surface area contributed by atoms with Gasteiger partial charge < -0.3 is 10.0 Å². The van der Waals surface area contributed by atoms with E-state index >= 15 is 0 Å². The first kappa shape index (κ1) is 15.8. The number of aliphatic hydroxyl groups is 1. The summed E-state index contributed by atoms with van der Waals surface area (Å²) in [7, 11) is 0. The number of aliphatic hydroxyl groups excluding tert-OH is 1. The number of rotatable bonds is 2. The molecule has 0 fully saturated rings. The monoisotopic (exact) mass is 303 g/mol. The van der Waals surface area contributed by atoms with Gasteiger partial charge in [-0.05, 0) is 38.0 Å². The summed E-state index contributed by atoms with van der Waals surface area (Å²) in [6, 6.07) is 2.82. The van der Waals surface area contributed by atoms with Gasteiger partial charge in [-0.15, -0.1) is 0 Å². The van der Waals surface area contributed by atoms with E-state index in [9.17, 15) is 22.7 Å². The molecule has 1 aliphatic rings. The maximum Gasteiger partial charge on any atom is 0.412 e. The summed E-state index contributed by atoms with van der Waals surface area (Å²) >= 11 is 0. The molecule has 1 heterocycles. The molecule has 1 unspecified atom stereocenters. The smallest absolute Gasteiger partial charge is 0.389 e. The van der Waals surface area contributed by atoms with Crippen molar-refractivity contribution in [1.82, 2.24) is 0 Å². The summed E-state index contributed by atoms with van der Waals surface area (Å²) < 4.78 is 51.5. The van der Waals surface area contributed by atoms with Crippen molar-refractivity contribution in [3.05, 3.63) is 40.7 Å². The highest BCUT2D eigenvalue weighted by Crippen LogP contribution is 2.34. The van der Waals surface area contributed by atoms with Gasteiger partial charge in [0.25, 0.3) is 0 Å². The number of nitrogens with zero attached hydrogens (tertiary/aromatic N) is 1. The summed E-state index contributed by atoms with van der Waals surface area (Å²) in [6.45, 7) is 3.38. The molecule has 0 aliphatic carbocycles. The maximum atomic E-state index is 13.6. The molecule has 1 aromatic carbocycles. The van der Waals surface area contributed by atoms with Crippen molar-refractivity contribution in [3.63, 3.8) is 0 Å². The van der Waals surface area contributed by atoms with Gasteiger partial charge in [-0.1, -0.05) is 6.08 Å². The minimum atomic E-state index is -4.29. The number of halogens is 4. The van der Waals surface area contributed by atoms with E-state index in [2.05, 4.69) is 0 Å². The molecule has 0 radical (unpaired) electrons. The highest BCUT2D eigenvalue weighted by atomic mass is 19.4. The van der Waals surface area contributed by atoms with Gasteiger partial charge in [0, 0.05) is 29.9 Å². The highest BCUT2D eigenvalue weighted by Gasteiger charge is 2.35. The molecular formula is C15H17F4NO. The van der Waals surface area contributed by atoms with Crippen molar-refractivity contribution in [3.8, 4) is 0 Å². The Labute approximate surface area is 120 Å². The topological polar surface area (TPSA) is 23.5 Å². The SMILES string of the molecule is Cc1cc(N2CC=C(C(F)(F)F)CC2)c(C(C)O)cc1F. The van der Waals surface area contributed by atoms with Crippen LogP contribution in [-0.2, 0) is 0 Å². The largest absolute Gasteiger partial charge is 0.412 e. The zero-order chi connectivity index (χ0) is 15.8. The Balaban J connectivity index is 2.32. The Morgan fingerprint density at radius 1 is 1.29 bits per heavy atom. The third kappa shape index (κ3) is 3.37. The number of benzene rings is 1. The molecule has 0 bridgehead atoms. The van der Waals surface area contributed by atoms with Crippen molar-refractivity contribution in [2.24, 2.45) is 0 Å². The van der Waals surface area contributed by atoms with E-state index in [1.807, 2.05) is 0 Å². The molecule has 0 saturated heterocycles. The fourth-order valence-electron chi connectivity index (χ4n) is 2.44. The van der Waals surface area contributed by atoms with E-state index in [0.29, 0.717) is 16.8 Å². The molecule has 2 rings (SSSR count). The maximum absolute atomic E-state index is 13.6. The Hall–Kier alpha value is -1.56. The fraction of sp³-hybridized carbons (Fsp3) is 0.467. The number of hydrogen-bond donors (Lipinski definition) is 1. The van der Waals surface area contributed by atoms with E-state index in [4.69, 9.17) is 0 Å². The van der Waals surface area contributed by atoms with Gasteiger partial charge in [-0.2, -0.15) is 13.2 Å². The quantitative estimate of drug-likeness (QED) is 0.662. The molecule has 0 spiro atoms. The lowest BCUT2D eigenvalue weighted by Gasteiger charge is -2.31. The number of alkyl halides is 3. The summed E-state index contributed by atoms with van der Waals surface area (Å²) in [5.74, 6) is -0.432. The van der Waals surface area contributed by atoms with Gasteiger partial charge in [-0.25, -0.2) is 4.39 Å². The second kappa shape index (κ2) is 5.67. The van der Waals surface area contributed by atoms with Gasteiger partial charge >= 0.3 is 6.18 Å². The van der Waals surface area contributed by atoms with Crippen LogP contribution in [0.15, 0.2) is 23.8 Å². The zero-order valence-corrected chi connectivity index (χ0v) is 11.8. The first-order valence-electron chi connectivity index (χ1n) is 6.69. The molecular weight excluding hydrogens is 286 g/mol. The lowest BCUT2D eigenvalue weighted by Crippen LogP contribution is -2.32. The van der Waals surface area contributed by atoms with Crippen molar-refractivity contribution in [2.45, 2.75) is 32.5 Å². The fourth-order valence-corrected chi connectivity index (χ4v) is 2.44. The van der Waals surface area contributed by atoms with Crippen molar-refractivity contribution in [1.29, 1.82) is 0 Å². The van der Waals surface area contributed by atoms with Gasteiger partial charge in [0.15, 0.2) is 0 Å². The minimum Gasteiger partial charge on any atom is -0.389 e. The average molecular weight is 303 g/mol. The van der Waals surface area contributed by atoms with Crippen LogP contribution in [0.25, 0.3) is 0 Å². The summed E-state index contributed by atoms with van der Waals surface area (Å²) in [5.41, 5.74) is 0.847. The normalized spacial score (nSPS) is 17.7. The molecule has 6 heteroatoms. The Morgan fingerprint density at radius 3 is 2.43 bits per heavy atom. The molecule has 0 saturated carbocycles. The first-order chi connectivity index (χ1) is 9.70. The van der Waals surface area contributed by atoms with Gasteiger partial charge in [0.1, 0.15) is 5.82 Å². The van der Waals surface area contributed by atoms with Crippen LogP contribution in [0.5, 0.6) is 0 Å². The standard InChI is InChI=1S/C15H17F4NO/c1-9-7-14(12(10(2)21)8-13(9)16)20-5-3-11(4-6-20)15(17,18)19/h3,7-8,10,21H,4-6H2,1-2H3. The van der Waals surface area contributed by atoms with E-state index < -0.39 is 23.7 Å². The molecule has 0 amide bonds. The predicted octanol–water partition coefficient (Wildman–Crippen LogP) is 3.89. The van der Waals surface area contributed by atoms with Crippen molar-refractivity contribution < 1.29 is 22.7 Å². The second-order valence-electron chi connectivity index (χ2n) is 5.26. The molecule has 1 N–H and O–H groups in total. The number of hydrogen-bond acceptors (Lipinski definition) is 2. The van der Waals surface area contributed by atoms with E-state index in [1.165, 1.54) is 13.0 Å². The lowest BCUT2D eigenvalue weighted by molar-refractivity contribution is -0.0944. The first-order valence-corrected chi connectivity index (χ1v) is 6.69. The van der Waals surface area contributed by atoms with Crippen molar-refractivity contribution in [2.75, 3.05) is 18.0 Å². The Kier molecular flexibility index (Phi) is 4.27. The van der Waals surface area contributed by atoms with E-state index in [1.54, 1.807) is 17.9 Å². The average Bonchev–Trinajstić information content (AvgIpc) is 2.40. The summed E-state index contributed by atoms with van der Waals surface area (Å²) in [4.78, 5) is 1.73. The zero-order valence-electron chi connectivity index (χ0n) is 11.8. The van der Waals surface area contributed by atoms with E-state index in [0.717, 1.165) is 6.08 Å². The third-order valence-electron chi connectivity index (χ3n) is 3.67. The molecule has 1 atom stereocenters. The van der Waals surface area contributed by atoms with Crippen LogP contribution in [-0.4, -0.2) is 24.4 Å². The van der Waals surface area contributed by atoms with Crippen LogP contribution in [0.2, 0.25) is 0 Å². The molecule has 1 aromatic rings. The Morgan fingerprint density at radius 2 is 1.95 bits per heavy atom. The molecule has 1 aliphatic heterocycles. The molecule has 116 valence electrons. The number of aryl methyl sites for hydroxylation is 1. The summed E-state index contributed by atoms with van der Waals surface area (Å²) in [5, 5.41) is 9.74. The van der Waals surface area contributed by atoms with Crippen LogP contribution < -0.4 is 4.90 Å². The predicted molar refractivity (Wildman–Crippen MR) is 72.7 cm³/mol. The Bertz CT molecular complexity index is 564. The molecule has 2 nitrogen and oxygen atoms in total. The highest BCUT2D eigenvalue weighted by molar-refractivity contribution is 5.58. The van der Waals surface area contributed by atoms with Gasteiger partial charge in [-0.3, -0.25) is 0 Å². The minimum absolute atomic E-state index is 0.0969. The van der Waals surface area contributed by atoms with Gasteiger partial charge in [0.2, 0.25) is 0 Å². The van der Waals surface area contributed by atoms with Crippen LogP contribution in [0.4, 0.5) is 23.2 Å². The van der Waals surface area contributed by atoms with Gasteiger partial charge in [0.05, 0.1) is 6.10 Å². The van der Waals surface area contributed by atoms with Crippen molar-refractivity contribution >= 4 is 5.69 Å². The number of anilines is 1. The van der Waals surface area contributed by atoms with Crippen LogP contribution in [0.1, 0.15) is 30.6 Å². The summed E-state index contributed by atoms with van der Waals surface area (Å²) in [6.07, 6.45) is -4.14. The second-order valence-corrected chi connectivity index (χ2v) is 5.26. The third-order valence-corrected chi connectivity index (χ3v) is 3.67.